The summed E-state index contributed by atoms with van der Waals surface area (Å²) in [6, 6.07) is 10.8. The number of hydrogen-bond donors (Lipinski definition) is 0. The second-order valence-electron chi connectivity index (χ2n) is 5.71. The first kappa shape index (κ1) is 16.2. The summed E-state index contributed by atoms with van der Waals surface area (Å²) in [6.45, 7) is 0. The molecule has 0 atom stereocenters. The number of nitrogens with zero attached hydrogens (tertiary/aromatic N) is 4. The van der Waals surface area contributed by atoms with Gasteiger partial charge in [0.1, 0.15) is 11.4 Å². The Morgan fingerprint density at radius 1 is 1.04 bits per heavy atom. The van der Waals surface area contributed by atoms with E-state index in [0.29, 0.717) is 5.75 Å². The lowest BCUT2D eigenvalue weighted by Gasteiger charge is -2.10. The predicted molar refractivity (Wildman–Crippen MR) is 89.4 cm³/mol. The van der Waals surface area contributed by atoms with E-state index in [1.165, 1.54) is 12.1 Å². The molecule has 0 saturated heterocycles. The summed E-state index contributed by atoms with van der Waals surface area (Å²) in [7, 11) is 1.82. The van der Waals surface area contributed by atoms with Gasteiger partial charge >= 0.3 is 6.18 Å². The number of hydrogen-bond acceptors (Lipinski definition) is 3. The molecule has 0 fully saturated rings. The average molecular weight is 358 g/mol. The summed E-state index contributed by atoms with van der Waals surface area (Å²) in [5.74, 6) is 0.318. The zero-order chi connectivity index (χ0) is 18.3. The Labute approximate surface area is 146 Å². The highest BCUT2D eigenvalue weighted by atomic mass is 19.4. The van der Waals surface area contributed by atoms with E-state index in [1.54, 1.807) is 23.0 Å². The molecule has 3 aromatic heterocycles. The number of benzene rings is 1. The number of aryl methyl sites for hydroxylation is 1. The lowest BCUT2D eigenvalue weighted by atomic mass is 10.2. The van der Waals surface area contributed by atoms with Gasteiger partial charge in [0.2, 0.25) is 5.88 Å². The van der Waals surface area contributed by atoms with Gasteiger partial charge in [0.05, 0.1) is 17.4 Å². The van der Waals surface area contributed by atoms with Gasteiger partial charge in [-0.15, -0.1) is 0 Å². The topological polar surface area (TPSA) is 44.9 Å². The molecule has 3 heterocycles. The van der Waals surface area contributed by atoms with Gasteiger partial charge in [-0.3, -0.25) is 4.68 Å². The predicted octanol–water partition coefficient (Wildman–Crippen LogP) is 4.57. The van der Waals surface area contributed by atoms with Gasteiger partial charge in [-0.25, -0.2) is 4.98 Å². The molecule has 5 nitrogen and oxygen atoms in total. The molecule has 4 aromatic rings. The van der Waals surface area contributed by atoms with Crippen LogP contribution in [0.4, 0.5) is 13.2 Å². The van der Waals surface area contributed by atoms with Crippen molar-refractivity contribution in [1.29, 1.82) is 0 Å². The monoisotopic (exact) mass is 358 g/mol. The second kappa shape index (κ2) is 5.91. The largest absolute Gasteiger partial charge is 0.438 e. The van der Waals surface area contributed by atoms with E-state index in [0.717, 1.165) is 22.7 Å². The quantitative estimate of drug-likeness (QED) is 0.539. The Bertz CT molecular complexity index is 1080. The fraction of sp³-hybridized carbons (Fsp3) is 0.111. The molecular weight excluding hydrogens is 345 g/mol. The summed E-state index contributed by atoms with van der Waals surface area (Å²) < 4.78 is 47.7. The van der Waals surface area contributed by atoms with Crippen LogP contribution in [-0.2, 0) is 13.2 Å². The molecule has 26 heavy (non-hydrogen) atoms. The molecule has 0 aliphatic rings. The van der Waals surface area contributed by atoms with Crippen molar-refractivity contribution in [1.82, 2.24) is 19.3 Å². The van der Waals surface area contributed by atoms with Crippen molar-refractivity contribution < 1.29 is 17.9 Å². The minimum Gasteiger partial charge on any atom is -0.438 e. The van der Waals surface area contributed by atoms with E-state index in [4.69, 9.17) is 4.74 Å². The van der Waals surface area contributed by atoms with Gasteiger partial charge in [0, 0.05) is 30.9 Å². The maximum absolute atomic E-state index is 12.8. The average Bonchev–Trinajstić information content (AvgIpc) is 3.21. The van der Waals surface area contributed by atoms with Crippen LogP contribution in [0.2, 0.25) is 0 Å². The molecule has 132 valence electrons. The Morgan fingerprint density at radius 3 is 2.58 bits per heavy atom. The first-order chi connectivity index (χ1) is 12.4. The van der Waals surface area contributed by atoms with Crippen molar-refractivity contribution >= 4 is 10.9 Å². The highest BCUT2D eigenvalue weighted by Gasteiger charge is 2.32. The van der Waals surface area contributed by atoms with E-state index in [2.05, 4.69) is 10.1 Å². The molecule has 4 rings (SSSR count). The second-order valence-corrected chi connectivity index (χ2v) is 5.71. The Morgan fingerprint density at radius 2 is 1.85 bits per heavy atom. The minimum absolute atomic E-state index is 0.110. The number of aromatic nitrogens is 4. The lowest BCUT2D eigenvalue weighted by Crippen LogP contribution is -2.07. The van der Waals surface area contributed by atoms with Gasteiger partial charge in [-0.2, -0.15) is 18.3 Å². The first-order valence-corrected chi connectivity index (χ1v) is 7.73. The van der Waals surface area contributed by atoms with Crippen LogP contribution in [0.3, 0.4) is 0 Å². The fourth-order valence-corrected chi connectivity index (χ4v) is 2.73. The van der Waals surface area contributed by atoms with Crippen molar-refractivity contribution in [2.24, 2.45) is 7.05 Å². The molecule has 0 bridgehead atoms. The van der Waals surface area contributed by atoms with Crippen LogP contribution in [0.5, 0.6) is 11.6 Å². The van der Waals surface area contributed by atoms with Crippen LogP contribution in [0.25, 0.3) is 16.6 Å². The molecule has 0 unspecified atom stereocenters. The molecular formula is C18H13F3N4O. The Balaban J connectivity index is 1.73. The number of halogens is 3. The molecule has 0 saturated carbocycles. The first-order valence-electron chi connectivity index (χ1n) is 7.73. The van der Waals surface area contributed by atoms with E-state index in [1.807, 2.05) is 36.1 Å². The maximum Gasteiger partial charge on any atom is 0.433 e. The third kappa shape index (κ3) is 2.90. The normalized spacial score (nSPS) is 11.8. The molecule has 0 spiro atoms. The fourth-order valence-electron chi connectivity index (χ4n) is 2.73. The van der Waals surface area contributed by atoms with Crippen molar-refractivity contribution in [3.05, 3.63) is 66.7 Å². The van der Waals surface area contributed by atoms with Crippen LogP contribution in [0.15, 0.2) is 61.1 Å². The summed E-state index contributed by atoms with van der Waals surface area (Å²) in [5.41, 5.74) is 0.731. The van der Waals surface area contributed by atoms with Crippen LogP contribution in [0, 0.1) is 0 Å². The number of alkyl halides is 3. The zero-order valence-electron chi connectivity index (χ0n) is 13.6. The smallest absolute Gasteiger partial charge is 0.433 e. The van der Waals surface area contributed by atoms with E-state index < -0.39 is 11.9 Å². The van der Waals surface area contributed by atoms with Gasteiger partial charge in [0.15, 0.2) is 0 Å². The Hall–Kier alpha value is -3.29. The zero-order valence-corrected chi connectivity index (χ0v) is 13.6. The van der Waals surface area contributed by atoms with E-state index >= 15 is 0 Å². The molecule has 0 aliphatic carbocycles. The summed E-state index contributed by atoms with van der Waals surface area (Å²) in [6.07, 6.45) is 0.922. The summed E-state index contributed by atoms with van der Waals surface area (Å²) in [5, 5.41) is 4.91. The van der Waals surface area contributed by atoms with Crippen molar-refractivity contribution in [3.8, 4) is 17.3 Å². The van der Waals surface area contributed by atoms with Crippen LogP contribution in [-0.4, -0.2) is 19.3 Å². The van der Waals surface area contributed by atoms with Crippen LogP contribution < -0.4 is 4.74 Å². The number of fused-ring (bicyclic) bond motifs is 1. The molecule has 0 aliphatic heterocycles. The lowest BCUT2D eigenvalue weighted by molar-refractivity contribution is -0.141. The van der Waals surface area contributed by atoms with Crippen molar-refractivity contribution in [3.63, 3.8) is 0 Å². The van der Waals surface area contributed by atoms with Crippen LogP contribution in [0.1, 0.15) is 5.69 Å². The van der Waals surface area contributed by atoms with Crippen LogP contribution >= 0.6 is 0 Å². The summed E-state index contributed by atoms with van der Waals surface area (Å²) >= 11 is 0. The van der Waals surface area contributed by atoms with Gasteiger partial charge in [-0.05, 0) is 24.3 Å². The highest BCUT2D eigenvalue weighted by Crippen LogP contribution is 2.33. The summed E-state index contributed by atoms with van der Waals surface area (Å²) in [4.78, 5) is 3.55. The molecule has 0 N–H and O–H groups in total. The third-order valence-electron chi connectivity index (χ3n) is 3.89. The number of ether oxygens (including phenoxy) is 1. The van der Waals surface area contributed by atoms with Crippen molar-refractivity contribution in [2.75, 3.05) is 0 Å². The Kier molecular flexibility index (Phi) is 3.68. The number of rotatable bonds is 3. The van der Waals surface area contributed by atoms with Crippen molar-refractivity contribution in [2.45, 2.75) is 6.18 Å². The molecule has 1 aromatic carbocycles. The van der Waals surface area contributed by atoms with E-state index in [9.17, 15) is 13.2 Å². The maximum atomic E-state index is 12.8. The highest BCUT2D eigenvalue weighted by molar-refractivity contribution is 5.88. The molecule has 8 heteroatoms. The molecule has 0 amide bonds. The van der Waals surface area contributed by atoms with Gasteiger partial charge < -0.3 is 9.30 Å². The molecule has 0 radical (unpaired) electrons. The number of pyridine rings is 1. The van der Waals surface area contributed by atoms with Gasteiger partial charge in [-0.1, -0.05) is 12.1 Å². The third-order valence-corrected chi connectivity index (χ3v) is 3.89. The van der Waals surface area contributed by atoms with Gasteiger partial charge in [0.25, 0.3) is 0 Å². The minimum atomic E-state index is -4.52. The van der Waals surface area contributed by atoms with E-state index in [-0.39, 0.29) is 5.88 Å². The standard InChI is InChI=1S/C18H13F3N4O/c1-24-11-12(10-22-24)25-9-8-13-14(25)4-2-5-15(13)26-17-7-3-6-16(23-17)18(19,20)21/h2-11H,1H3. The SMILES string of the molecule is Cn1cc(-n2ccc3c(Oc4cccc(C(F)(F)F)n4)cccc32)cn1.